The molecule has 0 aliphatic carbocycles. The van der Waals surface area contributed by atoms with Gasteiger partial charge in [-0.25, -0.2) is 0 Å². The molecule has 0 aromatic carbocycles. The maximum absolute atomic E-state index is 9.37. The molecule has 1 aromatic heterocycles. The molecule has 1 rings (SSSR count). The molecular weight excluding hydrogens is 166 g/mol. The van der Waals surface area contributed by atoms with E-state index in [2.05, 4.69) is 11.6 Å². The third kappa shape index (κ3) is 6.75. The van der Waals surface area contributed by atoms with Crippen molar-refractivity contribution in [1.29, 1.82) is 0 Å². The molecule has 3 heteroatoms. The molecule has 0 radical (unpaired) electrons. The molecule has 0 amide bonds. The largest absolute Gasteiger partial charge is 0.481 e. The second-order valence-corrected chi connectivity index (χ2v) is 2.21. The van der Waals surface area contributed by atoms with Crippen molar-refractivity contribution < 1.29 is 9.90 Å². The Balaban J connectivity index is 0.000000252. The van der Waals surface area contributed by atoms with Gasteiger partial charge in [-0.15, -0.1) is 0 Å². The number of nitrogens with zero attached hydrogens (tertiary/aromatic N) is 1. The average molecular weight is 179 g/mol. The van der Waals surface area contributed by atoms with Gasteiger partial charge in [-0.05, 0) is 18.2 Å². The van der Waals surface area contributed by atoms with E-state index < -0.39 is 5.97 Å². The zero-order chi connectivity index (χ0) is 10.1. The molecule has 0 saturated carbocycles. The number of pyridine rings is 1. The van der Waals surface area contributed by atoms with Crippen molar-refractivity contribution in [2.24, 2.45) is 0 Å². The van der Waals surface area contributed by atoms with Crippen LogP contribution in [0.25, 0.3) is 6.08 Å². The Morgan fingerprint density at radius 3 is 2.54 bits per heavy atom. The molecule has 0 spiro atoms. The molecule has 0 aliphatic heterocycles. The molecule has 0 saturated heterocycles. The molecule has 0 bridgehead atoms. The summed E-state index contributed by atoms with van der Waals surface area (Å²) in [5, 5.41) is 7.72. The van der Waals surface area contributed by atoms with E-state index in [1.165, 1.54) is 0 Å². The number of rotatable bonds is 2. The van der Waals surface area contributed by atoms with Gasteiger partial charge in [0.25, 0.3) is 0 Å². The van der Waals surface area contributed by atoms with Crippen molar-refractivity contribution in [3.8, 4) is 0 Å². The van der Waals surface area contributed by atoms with Crippen LogP contribution in [0.4, 0.5) is 0 Å². The highest BCUT2D eigenvalue weighted by atomic mass is 16.4. The summed E-state index contributed by atoms with van der Waals surface area (Å²) in [6.07, 6.45) is 3.69. The number of hydrogen-bond donors (Lipinski definition) is 1. The molecule has 1 aromatic rings. The quantitative estimate of drug-likeness (QED) is 0.757. The van der Waals surface area contributed by atoms with Crippen LogP contribution in [0.15, 0.2) is 31.0 Å². The van der Waals surface area contributed by atoms with Crippen LogP contribution in [-0.4, -0.2) is 16.1 Å². The van der Waals surface area contributed by atoms with Crippen LogP contribution in [-0.2, 0) is 4.79 Å². The molecule has 0 fully saturated rings. The Morgan fingerprint density at radius 2 is 2.31 bits per heavy atom. The van der Waals surface area contributed by atoms with Crippen molar-refractivity contribution in [3.63, 3.8) is 0 Å². The fourth-order valence-corrected chi connectivity index (χ4v) is 0.497. The fraction of sp³-hybridized carbons (Fsp3) is 0.200. The molecule has 70 valence electrons. The van der Waals surface area contributed by atoms with E-state index in [4.69, 9.17) is 5.11 Å². The van der Waals surface area contributed by atoms with E-state index in [1.807, 2.05) is 18.2 Å². The summed E-state index contributed by atoms with van der Waals surface area (Å²) < 4.78 is 0. The van der Waals surface area contributed by atoms with Crippen molar-refractivity contribution in [2.45, 2.75) is 13.3 Å². The number of hydrogen-bond acceptors (Lipinski definition) is 2. The van der Waals surface area contributed by atoms with Gasteiger partial charge in [0.05, 0.1) is 5.69 Å². The smallest absolute Gasteiger partial charge is 0.303 e. The highest BCUT2D eigenvalue weighted by Gasteiger charge is 1.80. The first kappa shape index (κ1) is 11.4. The van der Waals surface area contributed by atoms with Gasteiger partial charge in [0.15, 0.2) is 0 Å². The fourth-order valence-electron chi connectivity index (χ4n) is 0.497. The van der Waals surface area contributed by atoms with E-state index in [0.717, 1.165) is 5.69 Å². The first-order valence-corrected chi connectivity index (χ1v) is 3.96. The Morgan fingerprint density at radius 1 is 1.69 bits per heavy atom. The van der Waals surface area contributed by atoms with Crippen molar-refractivity contribution in [2.75, 3.05) is 0 Å². The molecule has 0 atom stereocenters. The van der Waals surface area contributed by atoms with Gasteiger partial charge in [-0.2, -0.15) is 0 Å². The van der Waals surface area contributed by atoms with Crippen molar-refractivity contribution in [3.05, 3.63) is 36.7 Å². The number of aliphatic carboxylic acids is 1. The van der Waals surface area contributed by atoms with E-state index in [-0.39, 0.29) is 6.42 Å². The predicted molar refractivity (Wildman–Crippen MR) is 52.3 cm³/mol. The maximum Gasteiger partial charge on any atom is 0.303 e. The van der Waals surface area contributed by atoms with Crippen LogP contribution in [0, 0.1) is 0 Å². The van der Waals surface area contributed by atoms with Gasteiger partial charge < -0.3 is 5.11 Å². The Bertz CT molecular complexity index is 257. The van der Waals surface area contributed by atoms with Crippen LogP contribution >= 0.6 is 0 Å². The molecule has 13 heavy (non-hydrogen) atoms. The van der Waals surface area contributed by atoms with Crippen LogP contribution in [0.3, 0.4) is 0 Å². The zero-order valence-corrected chi connectivity index (χ0v) is 7.60. The summed E-state index contributed by atoms with van der Waals surface area (Å²) in [6.45, 7) is 5.17. The third-order valence-electron chi connectivity index (χ3n) is 1.20. The van der Waals surface area contributed by atoms with Gasteiger partial charge in [0.2, 0.25) is 0 Å². The van der Waals surface area contributed by atoms with Crippen LogP contribution in [0.5, 0.6) is 0 Å². The van der Waals surface area contributed by atoms with Gasteiger partial charge in [-0.1, -0.05) is 19.6 Å². The minimum absolute atomic E-state index is 0.222. The van der Waals surface area contributed by atoms with Gasteiger partial charge >= 0.3 is 5.97 Å². The molecular formula is C10H13NO2. The van der Waals surface area contributed by atoms with E-state index >= 15 is 0 Å². The average Bonchev–Trinajstić information content (AvgIpc) is 2.20. The second kappa shape index (κ2) is 7.03. The molecule has 0 aliphatic rings. The zero-order valence-electron chi connectivity index (χ0n) is 7.60. The summed E-state index contributed by atoms with van der Waals surface area (Å²) >= 11 is 0. The SMILES string of the molecule is C=Cc1ccccn1.CCC(=O)O. The summed E-state index contributed by atoms with van der Waals surface area (Å²) in [5.41, 5.74) is 0.924. The van der Waals surface area contributed by atoms with Crippen molar-refractivity contribution >= 4 is 12.0 Å². The molecule has 0 unspecified atom stereocenters. The summed E-state index contributed by atoms with van der Waals surface area (Å²) in [4.78, 5) is 13.3. The van der Waals surface area contributed by atoms with Crippen LogP contribution in [0.1, 0.15) is 19.0 Å². The minimum atomic E-state index is -0.745. The molecule has 1 heterocycles. The second-order valence-electron chi connectivity index (χ2n) is 2.21. The van der Waals surface area contributed by atoms with Gasteiger partial charge in [-0.3, -0.25) is 9.78 Å². The molecule has 1 N–H and O–H groups in total. The number of carbonyl (C=O) groups is 1. The Labute approximate surface area is 77.7 Å². The monoisotopic (exact) mass is 179 g/mol. The van der Waals surface area contributed by atoms with Crippen molar-refractivity contribution in [1.82, 2.24) is 4.98 Å². The molecule has 3 nitrogen and oxygen atoms in total. The first-order chi connectivity index (χ1) is 6.20. The Hall–Kier alpha value is -1.64. The third-order valence-corrected chi connectivity index (χ3v) is 1.20. The minimum Gasteiger partial charge on any atom is -0.481 e. The topological polar surface area (TPSA) is 50.2 Å². The number of carboxylic acid groups (broad SMARTS) is 1. The lowest BCUT2D eigenvalue weighted by molar-refractivity contribution is -0.136. The number of aromatic nitrogens is 1. The van der Waals surface area contributed by atoms with Crippen LogP contribution < -0.4 is 0 Å². The lowest BCUT2D eigenvalue weighted by Gasteiger charge is -1.84. The highest BCUT2D eigenvalue weighted by Crippen LogP contribution is 1.91. The Kier molecular flexibility index (Phi) is 6.15. The maximum atomic E-state index is 9.37. The standard InChI is InChI=1S/C7H7N.C3H6O2/c1-2-7-5-3-4-6-8-7;1-2-3(4)5/h2-6H,1H2;2H2,1H3,(H,4,5). The summed E-state index contributed by atoms with van der Waals surface area (Å²) in [5.74, 6) is -0.745. The normalized spacial score (nSPS) is 8.08. The predicted octanol–water partition coefficient (Wildman–Crippen LogP) is 2.21. The first-order valence-electron chi connectivity index (χ1n) is 3.96. The van der Waals surface area contributed by atoms with E-state index in [9.17, 15) is 4.79 Å². The van der Waals surface area contributed by atoms with Crippen LogP contribution in [0.2, 0.25) is 0 Å². The summed E-state index contributed by atoms with van der Waals surface area (Å²) in [7, 11) is 0. The lowest BCUT2D eigenvalue weighted by atomic mass is 10.4. The van der Waals surface area contributed by atoms with Gasteiger partial charge in [0.1, 0.15) is 0 Å². The lowest BCUT2D eigenvalue weighted by Crippen LogP contribution is -1.86. The number of carboxylic acids is 1. The van der Waals surface area contributed by atoms with E-state index in [0.29, 0.717) is 0 Å². The van der Waals surface area contributed by atoms with Gasteiger partial charge in [0, 0.05) is 12.6 Å². The highest BCUT2D eigenvalue weighted by molar-refractivity contribution is 5.66. The summed E-state index contributed by atoms with van der Waals surface area (Å²) in [6, 6.07) is 5.73. The van der Waals surface area contributed by atoms with E-state index in [1.54, 1.807) is 19.2 Å².